The second kappa shape index (κ2) is 6.17. The van der Waals surface area contributed by atoms with Crippen molar-refractivity contribution in [2.75, 3.05) is 19.8 Å². The molecule has 0 amide bonds. The standard InChI is InChI=1S/C14H26O3/c1-2-13(15)4-3-12-5-8-17-14(11-12)6-9-16-10-7-14/h12-13,15H,2-11H2,1H3. The van der Waals surface area contributed by atoms with E-state index in [1.54, 1.807) is 0 Å². The van der Waals surface area contributed by atoms with Crippen molar-refractivity contribution < 1.29 is 14.6 Å². The van der Waals surface area contributed by atoms with Gasteiger partial charge in [0.2, 0.25) is 0 Å². The number of aliphatic hydroxyl groups is 1. The Labute approximate surface area is 104 Å². The number of rotatable bonds is 4. The van der Waals surface area contributed by atoms with Crippen LogP contribution in [-0.4, -0.2) is 36.6 Å². The Morgan fingerprint density at radius 3 is 2.76 bits per heavy atom. The van der Waals surface area contributed by atoms with Crippen LogP contribution in [0.15, 0.2) is 0 Å². The van der Waals surface area contributed by atoms with Gasteiger partial charge in [-0.25, -0.2) is 0 Å². The van der Waals surface area contributed by atoms with Crippen molar-refractivity contribution >= 4 is 0 Å². The predicted molar refractivity (Wildman–Crippen MR) is 67.0 cm³/mol. The highest BCUT2D eigenvalue weighted by atomic mass is 16.5. The van der Waals surface area contributed by atoms with Gasteiger partial charge in [0.05, 0.1) is 11.7 Å². The summed E-state index contributed by atoms with van der Waals surface area (Å²) in [4.78, 5) is 0. The van der Waals surface area contributed by atoms with E-state index in [0.717, 1.165) is 57.8 Å². The molecule has 2 aliphatic rings. The van der Waals surface area contributed by atoms with Crippen molar-refractivity contribution in [1.29, 1.82) is 0 Å². The van der Waals surface area contributed by atoms with E-state index in [-0.39, 0.29) is 11.7 Å². The highest BCUT2D eigenvalue weighted by molar-refractivity contribution is 4.89. The van der Waals surface area contributed by atoms with E-state index in [2.05, 4.69) is 6.92 Å². The molecule has 3 nitrogen and oxygen atoms in total. The maximum Gasteiger partial charge on any atom is 0.0729 e. The van der Waals surface area contributed by atoms with Gasteiger partial charge in [-0.3, -0.25) is 0 Å². The number of ether oxygens (including phenoxy) is 2. The van der Waals surface area contributed by atoms with Crippen molar-refractivity contribution in [3.63, 3.8) is 0 Å². The Balaban J connectivity index is 1.79. The zero-order valence-electron chi connectivity index (χ0n) is 11.0. The summed E-state index contributed by atoms with van der Waals surface area (Å²) < 4.78 is 11.5. The normalized spacial score (nSPS) is 30.4. The number of hydrogen-bond acceptors (Lipinski definition) is 3. The van der Waals surface area contributed by atoms with Crippen molar-refractivity contribution in [3.05, 3.63) is 0 Å². The monoisotopic (exact) mass is 242 g/mol. The van der Waals surface area contributed by atoms with E-state index in [1.807, 2.05) is 0 Å². The van der Waals surface area contributed by atoms with E-state index in [4.69, 9.17) is 9.47 Å². The average Bonchev–Trinajstić information content (AvgIpc) is 2.37. The minimum Gasteiger partial charge on any atom is -0.393 e. The summed E-state index contributed by atoms with van der Waals surface area (Å²) in [6.45, 7) is 4.65. The Morgan fingerprint density at radius 2 is 2.06 bits per heavy atom. The molecule has 2 rings (SSSR count). The summed E-state index contributed by atoms with van der Waals surface area (Å²) in [5.74, 6) is 0.739. The molecule has 2 saturated heterocycles. The van der Waals surface area contributed by atoms with Crippen LogP contribution in [0.5, 0.6) is 0 Å². The third-order valence-corrected chi connectivity index (χ3v) is 4.38. The van der Waals surface area contributed by atoms with E-state index in [1.165, 1.54) is 12.8 Å². The van der Waals surface area contributed by atoms with Crippen LogP contribution >= 0.6 is 0 Å². The first-order chi connectivity index (χ1) is 8.24. The van der Waals surface area contributed by atoms with Crippen molar-refractivity contribution in [1.82, 2.24) is 0 Å². The van der Waals surface area contributed by atoms with Gasteiger partial charge in [-0.2, -0.15) is 0 Å². The fraction of sp³-hybridized carbons (Fsp3) is 1.00. The molecule has 2 unspecified atom stereocenters. The fourth-order valence-electron chi connectivity index (χ4n) is 3.10. The molecule has 0 bridgehead atoms. The van der Waals surface area contributed by atoms with E-state index in [0.29, 0.717) is 0 Å². The van der Waals surface area contributed by atoms with Gasteiger partial charge < -0.3 is 14.6 Å². The van der Waals surface area contributed by atoms with Gasteiger partial charge in [-0.1, -0.05) is 6.92 Å². The first kappa shape index (κ1) is 13.3. The molecule has 0 aromatic rings. The Bertz CT molecular complexity index is 218. The lowest BCUT2D eigenvalue weighted by atomic mass is 9.79. The maximum atomic E-state index is 9.64. The second-order valence-electron chi connectivity index (χ2n) is 5.64. The molecule has 2 heterocycles. The minimum absolute atomic E-state index is 0.108. The summed E-state index contributed by atoms with van der Waals surface area (Å²) in [6, 6.07) is 0. The summed E-state index contributed by atoms with van der Waals surface area (Å²) in [5, 5.41) is 9.64. The third kappa shape index (κ3) is 3.67. The summed E-state index contributed by atoms with van der Waals surface area (Å²) >= 11 is 0. The van der Waals surface area contributed by atoms with Gasteiger partial charge in [0.1, 0.15) is 0 Å². The van der Waals surface area contributed by atoms with Gasteiger partial charge >= 0.3 is 0 Å². The predicted octanol–water partition coefficient (Wildman–Crippen LogP) is 2.51. The first-order valence-corrected chi connectivity index (χ1v) is 7.14. The first-order valence-electron chi connectivity index (χ1n) is 7.14. The van der Waals surface area contributed by atoms with Crippen LogP contribution in [0.25, 0.3) is 0 Å². The molecule has 2 atom stereocenters. The fourth-order valence-corrected chi connectivity index (χ4v) is 3.10. The van der Waals surface area contributed by atoms with Gasteiger partial charge in [0.25, 0.3) is 0 Å². The minimum atomic E-state index is -0.108. The van der Waals surface area contributed by atoms with E-state index >= 15 is 0 Å². The molecule has 3 heteroatoms. The highest BCUT2D eigenvalue weighted by Crippen LogP contribution is 2.38. The Hall–Kier alpha value is -0.120. The van der Waals surface area contributed by atoms with Crippen molar-refractivity contribution in [2.45, 2.75) is 63.6 Å². The maximum absolute atomic E-state index is 9.64. The molecule has 2 fully saturated rings. The lowest BCUT2D eigenvalue weighted by Crippen LogP contribution is -2.44. The molecule has 0 aromatic heterocycles. The van der Waals surface area contributed by atoms with Crippen LogP contribution in [0, 0.1) is 5.92 Å². The average molecular weight is 242 g/mol. The molecule has 0 aliphatic carbocycles. The van der Waals surface area contributed by atoms with Gasteiger partial charge in [-0.15, -0.1) is 0 Å². The van der Waals surface area contributed by atoms with Gasteiger partial charge in [0, 0.05) is 19.8 Å². The number of hydrogen-bond donors (Lipinski definition) is 1. The van der Waals surface area contributed by atoms with Crippen LogP contribution in [0.4, 0.5) is 0 Å². The molecular weight excluding hydrogens is 216 g/mol. The van der Waals surface area contributed by atoms with Crippen LogP contribution in [0.3, 0.4) is 0 Å². The lowest BCUT2D eigenvalue weighted by molar-refractivity contribution is -0.148. The van der Waals surface area contributed by atoms with Crippen LogP contribution < -0.4 is 0 Å². The van der Waals surface area contributed by atoms with E-state index < -0.39 is 0 Å². The summed E-state index contributed by atoms with van der Waals surface area (Å²) in [7, 11) is 0. The summed E-state index contributed by atoms with van der Waals surface area (Å²) in [6.07, 6.45) is 7.33. The van der Waals surface area contributed by atoms with Crippen LogP contribution in [0.1, 0.15) is 51.9 Å². The lowest BCUT2D eigenvalue weighted by Gasteiger charge is -2.43. The molecule has 0 aromatic carbocycles. The topological polar surface area (TPSA) is 38.7 Å². The van der Waals surface area contributed by atoms with Crippen molar-refractivity contribution in [2.24, 2.45) is 5.92 Å². The van der Waals surface area contributed by atoms with Gasteiger partial charge in [0.15, 0.2) is 0 Å². The van der Waals surface area contributed by atoms with Gasteiger partial charge in [-0.05, 0) is 50.9 Å². The smallest absolute Gasteiger partial charge is 0.0729 e. The molecule has 1 spiro atoms. The SMILES string of the molecule is CCC(O)CCC1CCOC2(CCOCC2)C1. The number of aliphatic hydroxyl groups excluding tert-OH is 1. The van der Waals surface area contributed by atoms with Crippen LogP contribution in [0.2, 0.25) is 0 Å². The third-order valence-electron chi connectivity index (χ3n) is 4.38. The summed E-state index contributed by atoms with van der Waals surface area (Å²) in [5.41, 5.74) is 0.109. The highest BCUT2D eigenvalue weighted by Gasteiger charge is 2.38. The molecule has 0 saturated carbocycles. The Kier molecular flexibility index (Phi) is 4.83. The molecule has 1 N–H and O–H groups in total. The molecule has 0 radical (unpaired) electrons. The molecular formula is C14H26O3. The van der Waals surface area contributed by atoms with Crippen LogP contribution in [-0.2, 0) is 9.47 Å². The van der Waals surface area contributed by atoms with Crippen molar-refractivity contribution in [3.8, 4) is 0 Å². The van der Waals surface area contributed by atoms with E-state index in [9.17, 15) is 5.11 Å². The zero-order chi connectivity index (χ0) is 12.1. The molecule has 2 aliphatic heterocycles. The quantitative estimate of drug-likeness (QED) is 0.823. The molecule has 100 valence electrons. The zero-order valence-corrected chi connectivity index (χ0v) is 11.0. The largest absolute Gasteiger partial charge is 0.393 e. The molecule has 17 heavy (non-hydrogen) atoms. The second-order valence-corrected chi connectivity index (χ2v) is 5.64. The Morgan fingerprint density at radius 1 is 1.29 bits per heavy atom.